The van der Waals surface area contributed by atoms with Crippen molar-refractivity contribution in [1.82, 2.24) is 15.3 Å². The summed E-state index contributed by atoms with van der Waals surface area (Å²) in [6, 6.07) is 16.0. The van der Waals surface area contributed by atoms with Crippen LogP contribution in [0.5, 0.6) is 0 Å². The number of fused-ring (bicyclic) bond motifs is 1. The Labute approximate surface area is 140 Å². The Hall–Kier alpha value is -2.59. The van der Waals surface area contributed by atoms with Gasteiger partial charge in [-0.05, 0) is 23.8 Å². The van der Waals surface area contributed by atoms with Crippen molar-refractivity contribution < 1.29 is 4.79 Å². The van der Waals surface area contributed by atoms with Crippen LogP contribution in [0.4, 0.5) is 0 Å². The number of halogens is 1. The van der Waals surface area contributed by atoms with Gasteiger partial charge in [0.2, 0.25) is 0 Å². The lowest BCUT2D eigenvalue weighted by Crippen LogP contribution is -2.35. The zero-order valence-electron chi connectivity index (χ0n) is 12.3. The van der Waals surface area contributed by atoms with Gasteiger partial charge in [-0.1, -0.05) is 30.3 Å². The van der Waals surface area contributed by atoms with Crippen LogP contribution in [-0.4, -0.2) is 22.4 Å². The van der Waals surface area contributed by atoms with Crippen molar-refractivity contribution in [3.05, 3.63) is 77.7 Å². The first-order valence-electron chi connectivity index (χ1n) is 7.29. The van der Waals surface area contributed by atoms with E-state index in [9.17, 15) is 4.79 Å². The zero-order chi connectivity index (χ0) is 14.9. The Morgan fingerprint density at radius 1 is 1.04 bits per heavy atom. The molecular formula is C18H16ClN3O. The number of carbonyl (C=O) groups excluding carboxylic acids is 1. The van der Waals surface area contributed by atoms with Crippen molar-refractivity contribution in [2.45, 2.75) is 5.92 Å². The van der Waals surface area contributed by atoms with Crippen LogP contribution < -0.4 is 5.32 Å². The molecule has 0 spiro atoms. The number of aromatic amines is 1. The molecule has 3 aromatic rings. The highest BCUT2D eigenvalue weighted by atomic mass is 35.5. The van der Waals surface area contributed by atoms with E-state index in [1.807, 2.05) is 36.4 Å². The number of nitrogens with zero attached hydrogens (tertiary/aromatic N) is 1. The van der Waals surface area contributed by atoms with Crippen molar-refractivity contribution in [1.29, 1.82) is 0 Å². The fraction of sp³-hybridized carbons (Fsp3) is 0.111. The van der Waals surface area contributed by atoms with Gasteiger partial charge in [0.25, 0.3) is 5.91 Å². The summed E-state index contributed by atoms with van der Waals surface area (Å²) >= 11 is 0. The molecule has 1 atom stereocenters. The van der Waals surface area contributed by atoms with Gasteiger partial charge in [-0.2, -0.15) is 0 Å². The molecular weight excluding hydrogens is 310 g/mol. The fourth-order valence-corrected chi connectivity index (χ4v) is 2.98. The normalized spacial score (nSPS) is 16.2. The summed E-state index contributed by atoms with van der Waals surface area (Å²) in [7, 11) is 0. The summed E-state index contributed by atoms with van der Waals surface area (Å²) in [5.74, 6) is 0.142. The van der Waals surface area contributed by atoms with Crippen LogP contribution in [0, 0.1) is 0 Å². The Balaban J connectivity index is 0.00000156. The number of hydrogen-bond acceptors (Lipinski definition) is 2. The molecule has 1 aliphatic rings. The second kappa shape index (κ2) is 6.26. The number of H-pyrrole nitrogens is 1. The minimum atomic E-state index is -0.0151. The number of aromatic nitrogens is 2. The number of rotatable bonds is 2. The molecule has 23 heavy (non-hydrogen) atoms. The summed E-state index contributed by atoms with van der Waals surface area (Å²) in [5.41, 5.74) is 4.90. The number of nitrogens with one attached hydrogen (secondary N) is 2. The van der Waals surface area contributed by atoms with Crippen LogP contribution in [0.1, 0.15) is 27.5 Å². The highest BCUT2D eigenvalue weighted by Crippen LogP contribution is 2.32. The van der Waals surface area contributed by atoms with Crippen molar-refractivity contribution in [3.63, 3.8) is 0 Å². The van der Waals surface area contributed by atoms with Gasteiger partial charge < -0.3 is 10.3 Å². The Bertz CT molecular complexity index is 815. The van der Waals surface area contributed by atoms with Crippen LogP contribution in [-0.2, 0) is 0 Å². The molecule has 4 nitrogen and oxygen atoms in total. The largest absolute Gasteiger partial charge is 0.357 e. The van der Waals surface area contributed by atoms with E-state index < -0.39 is 0 Å². The molecule has 0 saturated carbocycles. The topological polar surface area (TPSA) is 57.8 Å². The van der Waals surface area contributed by atoms with E-state index in [0.717, 1.165) is 22.5 Å². The molecule has 2 N–H and O–H groups in total. The van der Waals surface area contributed by atoms with E-state index in [4.69, 9.17) is 0 Å². The van der Waals surface area contributed by atoms with E-state index >= 15 is 0 Å². The van der Waals surface area contributed by atoms with Gasteiger partial charge in [-0.25, -0.2) is 0 Å². The minimum Gasteiger partial charge on any atom is -0.357 e. The van der Waals surface area contributed by atoms with Gasteiger partial charge in [0.1, 0.15) is 0 Å². The first-order chi connectivity index (χ1) is 10.8. The Morgan fingerprint density at radius 2 is 1.78 bits per heavy atom. The highest BCUT2D eigenvalue weighted by molar-refractivity contribution is 5.98. The molecule has 116 valence electrons. The number of pyridine rings is 1. The highest BCUT2D eigenvalue weighted by Gasteiger charge is 2.28. The van der Waals surface area contributed by atoms with Crippen LogP contribution in [0.2, 0.25) is 0 Å². The van der Waals surface area contributed by atoms with Gasteiger partial charge in [0.15, 0.2) is 0 Å². The Kier molecular flexibility index (Phi) is 4.17. The van der Waals surface area contributed by atoms with E-state index in [-0.39, 0.29) is 24.2 Å². The van der Waals surface area contributed by atoms with E-state index in [0.29, 0.717) is 6.54 Å². The van der Waals surface area contributed by atoms with Crippen molar-refractivity contribution in [3.8, 4) is 11.3 Å². The van der Waals surface area contributed by atoms with Crippen molar-refractivity contribution in [2.24, 2.45) is 0 Å². The molecule has 0 unspecified atom stereocenters. The summed E-state index contributed by atoms with van der Waals surface area (Å²) in [6.07, 6.45) is 3.51. The molecule has 0 fully saturated rings. The maximum absolute atomic E-state index is 12.2. The molecule has 0 bridgehead atoms. The van der Waals surface area contributed by atoms with Gasteiger partial charge in [0.05, 0.1) is 5.56 Å². The monoisotopic (exact) mass is 325 g/mol. The van der Waals surface area contributed by atoms with Gasteiger partial charge in [-0.15, -0.1) is 12.4 Å². The smallest absolute Gasteiger partial charge is 0.253 e. The van der Waals surface area contributed by atoms with E-state index in [1.165, 1.54) is 5.56 Å². The summed E-state index contributed by atoms with van der Waals surface area (Å²) < 4.78 is 0. The third-order valence-electron chi connectivity index (χ3n) is 4.10. The lowest BCUT2D eigenvalue weighted by atomic mass is 9.90. The van der Waals surface area contributed by atoms with E-state index in [1.54, 1.807) is 12.4 Å². The predicted molar refractivity (Wildman–Crippen MR) is 91.9 cm³/mol. The quantitative estimate of drug-likeness (QED) is 0.759. The summed E-state index contributed by atoms with van der Waals surface area (Å²) in [5, 5.41) is 2.98. The third-order valence-corrected chi connectivity index (χ3v) is 4.10. The third kappa shape index (κ3) is 2.73. The number of benzene rings is 1. The number of carbonyl (C=O) groups is 1. The molecule has 0 radical (unpaired) electrons. The zero-order valence-corrected chi connectivity index (χ0v) is 13.1. The number of hydrogen-bond donors (Lipinski definition) is 2. The molecule has 2 aromatic heterocycles. The molecule has 1 aromatic carbocycles. The second-order valence-electron chi connectivity index (χ2n) is 5.42. The molecule has 0 saturated heterocycles. The molecule has 5 heteroatoms. The lowest BCUT2D eigenvalue weighted by molar-refractivity contribution is 0.0942. The average molecular weight is 326 g/mol. The van der Waals surface area contributed by atoms with Crippen LogP contribution >= 0.6 is 12.4 Å². The Morgan fingerprint density at radius 3 is 2.52 bits per heavy atom. The van der Waals surface area contributed by atoms with Crippen LogP contribution in [0.25, 0.3) is 11.3 Å². The molecule has 1 aliphatic heterocycles. The van der Waals surface area contributed by atoms with Crippen LogP contribution in [0.3, 0.4) is 0 Å². The van der Waals surface area contributed by atoms with Gasteiger partial charge >= 0.3 is 0 Å². The predicted octanol–water partition coefficient (Wildman–Crippen LogP) is 3.37. The SMILES string of the molecule is Cl.O=C1NC[C@@H](c2ccccc2)c2[nH]c(-c3ccncc3)cc21. The standard InChI is InChI=1S/C18H15N3O.ClH/c22-18-14-10-16(13-6-8-19-9-7-13)21-17(14)15(11-20-18)12-4-2-1-3-5-12;/h1-10,15,21H,11H2,(H,20,22);1H/t15-;/m0./s1. The maximum Gasteiger partial charge on any atom is 0.253 e. The minimum absolute atomic E-state index is 0. The van der Waals surface area contributed by atoms with Gasteiger partial charge in [0, 0.05) is 41.8 Å². The number of amides is 1. The first kappa shape index (κ1) is 15.3. The van der Waals surface area contributed by atoms with Crippen molar-refractivity contribution >= 4 is 18.3 Å². The maximum atomic E-state index is 12.2. The average Bonchev–Trinajstić information content (AvgIpc) is 3.03. The van der Waals surface area contributed by atoms with Crippen molar-refractivity contribution in [2.75, 3.05) is 6.54 Å². The molecule has 3 heterocycles. The van der Waals surface area contributed by atoms with Gasteiger partial charge in [-0.3, -0.25) is 9.78 Å². The summed E-state index contributed by atoms with van der Waals surface area (Å²) in [4.78, 5) is 19.6. The molecule has 1 amide bonds. The lowest BCUT2D eigenvalue weighted by Gasteiger charge is -2.23. The second-order valence-corrected chi connectivity index (χ2v) is 5.42. The summed E-state index contributed by atoms with van der Waals surface area (Å²) in [6.45, 7) is 0.617. The van der Waals surface area contributed by atoms with Crippen LogP contribution in [0.15, 0.2) is 60.9 Å². The molecule has 0 aliphatic carbocycles. The van der Waals surface area contributed by atoms with E-state index in [2.05, 4.69) is 27.4 Å². The first-order valence-corrected chi connectivity index (χ1v) is 7.29. The molecule has 4 rings (SSSR count). The fourth-order valence-electron chi connectivity index (χ4n) is 2.98.